The van der Waals surface area contributed by atoms with Gasteiger partial charge in [-0.15, -0.1) is 0 Å². The molecule has 1 aliphatic heterocycles. The van der Waals surface area contributed by atoms with Crippen molar-refractivity contribution in [1.29, 1.82) is 0 Å². The van der Waals surface area contributed by atoms with E-state index in [1.807, 2.05) is 0 Å². The summed E-state index contributed by atoms with van der Waals surface area (Å²) in [5.41, 5.74) is 1.21. The minimum absolute atomic E-state index is 0.0920. The highest BCUT2D eigenvalue weighted by molar-refractivity contribution is 9.10. The summed E-state index contributed by atoms with van der Waals surface area (Å²) in [4.78, 5) is 0. The van der Waals surface area contributed by atoms with Crippen molar-refractivity contribution in [2.24, 2.45) is 0 Å². The monoisotopic (exact) mass is 313 g/mol. The van der Waals surface area contributed by atoms with Crippen molar-refractivity contribution in [3.8, 4) is 0 Å². The van der Waals surface area contributed by atoms with Crippen LogP contribution in [0.25, 0.3) is 0 Å². The molecule has 1 aromatic carbocycles. The largest absolute Gasteiger partial charge is 0.376 e. The van der Waals surface area contributed by atoms with Crippen LogP contribution < -0.4 is 5.32 Å². The maximum absolute atomic E-state index is 6.06. The maximum atomic E-state index is 6.06. The molecule has 0 amide bonds. The highest BCUT2D eigenvalue weighted by Gasteiger charge is 2.24. The lowest BCUT2D eigenvalue weighted by Gasteiger charge is -2.31. The molecular formula is C14H20BrNO2. The van der Waals surface area contributed by atoms with Crippen LogP contribution in [0.15, 0.2) is 28.7 Å². The van der Waals surface area contributed by atoms with E-state index in [0.29, 0.717) is 19.3 Å². The molecule has 1 aliphatic rings. The zero-order valence-electron chi connectivity index (χ0n) is 10.9. The lowest BCUT2D eigenvalue weighted by atomic mass is 10.1. The van der Waals surface area contributed by atoms with E-state index in [-0.39, 0.29) is 12.2 Å². The minimum atomic E-state index is 0.0920. The lowest BCUT2D eigenvalue weighted by molar-refractivity contribution is -0.155. The van der Waals surface area contributed by atoms with Gasteiger partial charge in [0.15, 0.2) is 0 Å². The van der Waals surface area contributed by atoms with Crippen molar-refractivity contribution in [3.05, 3.63) is 34.3 Å². The van der Waals surface area contributed by atoms with Crippen LogP contribution in [0.1, 0.15) is 25.5 Å². The predicted octanol–water partition coefficient (Wildman–Crippen LogP) is 2.90. The molecule has 1 fully saturated rings. The molecule has 1 N–H and O–H groups in total. The summed E-state index contributed by atoms with van der Waals surface area (Å²) in [6.45, 7) is 6.55. The summed E-state index contributed by atoms with van der Waals surface area (Å²) in [5.74, 6) is 0. The SMILES string of the molecule is CC(C)NCC(OC1COC1)c1ccc(Br)cc1. The summed E-state index contributed by atoms with van der Waals surface area (Å²) in [6, 6.07) is 8.78. The standard InChI is InChI=1S/C14H20BrNO2/c1-10(2)16-7-14(18-13-8-17-9-13)11-3-5-12(15)6-4-11/h3-6,10,13-14,16H,7-9H2,1-2H3. The van der Waals surface area contributed by atoms with Gasteiger partial charge in [-0.1, -0.05) is 41.9 Å². The van der Waals surface area contributed by atoms with Gasteiger partial charge in [-0.2, -0.15) is 0 Å². The van der Waals surface area contributed by atoms with Gasteiger partial charge in [0.05, 0.1) is 19.3 Å². The third-order valence-electron chi connectivity index (χ3n) is 2.92. The van der Waals surface area contributed by atoms with Crippen molar-refractivity contribution in [3.63, 3.8) is 0 Å². The summed E-state index contributed by atoms with van der Waals surface area (Å²) < 4.78 is 12.3. The van der Waals surface area contributed by atoms with E-state index in [0.717, 1.165) is 11.0 Å². The van der Waals surface area contributed by atoms with E-state index < -0.39 is 0 Å². The van der Waals surface area contributed by atoms with E-state index >= 15 is 0 Å². The number of rotatable bonds is 6. The molecule has 1 unspecified atom stereocenters. The van der Waals surface area contributed by atoms with Gasteiger partial charge in [-0.05, 0) is 17.7 Å². The third kappa shape index (κ3) is 4.05. The molecule has 0 bridgehead atoms. The van der Waals surface area contributed by atoms with Crippen molar-refractivity contribution < 1.29 is 9.47 Å². The Hall–Kier alpha value is -0.420. The van der Waals surface area contributed by atoms with Crippen LogP contribution in [0.4, 0.5) is 0 Å². The van der Waals surface area contributed by atoms with Crippen molar-refractivity contribution in [1.82, 2.24) is 5.32 Å². The Bertz CT molecular complexity index is 363. The minimum Gasteiger partial charge on any atom is -0.376 e. The molecule has 18 heavy (non-hydrogen) atoms. The Morgan fingerprint density at radius 1 is 1.33 bits per heavy atom. The fraction of sp³-hybridized carbons (Fsp3) is 0.571. The zero-order valence-corrected chi connectivity index (χ0v) is 12.4. The van der Waals surface area contributed by atoms with Gasteiger partial charge in [0, 0.05) is 17.1 Å². The lowest BCUT2D eigenvalue weighted by Crippen LogP contribution is -2.39. The normalized spacial score (nSPS) is 17.8. The Kier molecular flexibility index (Phi) is 5.18. The van der Waals surface area contributed by atoms with E-state index in [2.05, 4.69) is 59.4 Å². The van der Waals surface area contributed by atoms with Crippen LogP contribution >= 0.6 is 15.9 Å². The Morgan fingerprint density at radius 2 is 2.00 bits per heavy atom. The molecule has 100 valence electrons. The van der Waals surface area contributed by atoms with E-state index in [1.165, 1.54) is 5.56 Å². The predicted molar refractivity (Wildman–Crippen MR) is 75.7 cm³/mol. The first-order chi connectivity index (χ1) is 8.65. The van der Waals surface area contributed by atoms with Crippen molar-refractivity contribution in [2.75, 3.05) is 19.8 Å². The molecule has 0 radical (unpaired) electrons. The Labute approximate surface area is 117 Å². The molecule has 2 rings (SSSR count). The van der Waals surface area contributed by atoms with E-state index in [9.17, 15) is 0 Å². The fourth-order valence-corrected chi connectivity index (χ4v) is 2.05. The van der Waals surface area contributed by atoms with Crippen LogP contribution in [0.3, 0.4) is 0 Å². The van der Waals surface area contributed by atoms with E-state index in [1.54, 1.807) is 0 Å². The first-order valence-corrected chi connectivity index (χ1v) is 7.16. The maximum Gasteiger partial charge on any atom is 0.105 e. The summed E-state index contributed by atoms with van der Waals surface area (Å²) >= 11 is 3.46. The highest BCUT2D eigenvalue weighted by atomic mass is 79.9. The summed E-state index contributed by atoms with van der Waals surface area (Å²) in [5, 5.41) is 3.43. The topological polar surface area (TPSA) is 30.5 Å². The molecule has 0 aromatic heterocycles. The van der Waals surface area contributed by atoms with Crippen LogP contribution in [0, 0.1) is 0 Å². The number of hydrogen-bond donors (Lipinski definition) is 1. The van der Waals surface area contributed by atoms with Gasteiger partial charge in [0.1, 0.15) is 6.10 Å². The molecule has 4 heteroatoms. The van der Waals surface area contributed by atoms with Crippen molar-refractivity contribution >= 4 is 15.9 Å². The van der Waals surface area contributed by atoms with Gasteiger partial charge >= 0.3 is 0 Å². The average molecular weight is 314 g/mol. The van der Waals surface area contributed by atoms with E-state index in [4.69, 9.17) is 9.47 Å². The highest BCUT2D eigenvalue weighted by Crippen LogP contribution is 2.23. The van der Waals surface area contributed by atoms with Crippen LogP contribution in [0.5, 0.6) is 0 Å². The second-order valence-electron chi connectivity index (χ2n) is 4.90. The Morgan fingerprint density at radius 3 is 2.50 bits per heavy atom. The van der Waals surface area contributed by atoms with Crippen molar-refractivity contribution in [2.45, 2.75) is 32.1 Å². The molecule has 1 aromatic rings. The second-order valence-corrected chi connectivity index (χ2v) is 5.81. The molecule has 1 atom stereocenters. The smallest absolute Gasteiger partial charge is 0.105 e. The van der Waals surface area contributed by atoms with Crippen LogP contribution in [-0.4, -0.2) is 31.9 Å². The first kappa shape index (κ1) is 14.0. The number of ether oxygens (including phenoxy) is 2. The second kappa shape index (κ2) is 6.66. The molecule has 0 saturated carbocycles. The van der Waals surface area contributed by atoms with Crippen LogP contribution in [-0.2, 0) is 9.47 Å². The quantitative estimate of drug-likeness (QED) is 0.876. The molecule has 0 spiro atoms. The number of halogens is 1. The zero-order chi connectivity index (χ0) is 13.0. The fourth-order valence-electron chi connectivity index (χ4n) is 1.79. The van der Waals surface area contributed by atoms with Gasteiger partial charge in [-0.3, -0.25) is 0 Å². The molecule has 0 aliphatic carbocycles. The number of hydrogen-bond acceptors (Lipinski definition) is 3. The number of nitrogens with one attached hydrogen (secondary N) is 1. The molecule has 1 heterocycles. The van der Waals surface area contributed by atoms with Gasteiger partial charge < -0.3 is 14.8 Å². The molecule has 1 saturated heterocycles. The molecule has 3 nitrogen and oxygen atoms in total. The van der Waals surface area contributed by atoms with Gasteiger partial charge in [0.2, 0.25) is 0 Å². The van der Waals surface area contributed by atoms with Gasteiger partial charge in [-0.25, -0.2) is 0 Å². The number of benzene rings is 1. The average Bonchev–Trinajstić information content (AvgIpc) is 2.28. The Balaban J connectivity index is 1.99. The first-order valence-electron chi connectivity index (χ1n) is 6.37. The van der Waals surface area contributed by atoms with Gasteiger partial charge in [0.25, 0.3) is 0 Å². The molecular weight excluding hydrogens is 294 g/mol. The summed E-state index contributed by atoms with van der Waals surface area (Å²) in [6.07, 6.45) is 0.335. The van der Waals surface area contributed by atoms with Crippen LogP contribution in [0.2, 0.25) is 0 Å². The summed E-state index contributed by atoms with van der Waals surface area (Å²) in [7, 11) is 0. The third-order valence-corrected chi connectivity index (χ3v) is 3.45.